The Kier molecular flexibility index (Phi) is 3.58. The predicted octanol–water partition coefficient (Wildman–Crippen LogP) is 4.60. The Morgan fingerprint density at radius 1 is 1.11 bits per heavy atom. The quantitative estimate of drug-likeness (QED) is 0.860. The average Bonchev–Trinajstić information content (AvgIpc) is 2.83. The smallest absolute Gasteiger partial charge is 0.0484 e. The normalized spacial score (nSPS) is 17.5. The molecule has 0 aliphatic heterocycles. The average molecular weight is 272 g/mol. The van der Waals surface area contributed by atoms with Crippen molar-refractivity contribution >= 4 is 11.6 Å². The summed E-state index contributed by atoms with van der Waals surface area (Å²) in [5, 5.41) is 4.40. The van der Waals surface area contributed by atoms with Crippen LogP contribution in [0.15, 0.2) is 42.5 Å². The van der Waals surface area contributed by atoms with Crippen LogP contribution in [-0.2, 0) is 6.42 Å². The lowest BCUT2D eigenvalue weighted by Gasteiger charge is -2.14. The fraction of sp³-hybridized carbons (Fsp3) is 0.294. The zero-order valence-corrected chi connectivity index (χ0v) is 11.9. The van der Waals surface area contributed by atoms with E-state index in [-0.39, 0.29) is 0 Å². The topological polar surface area (TPSA) is 12.0 Å². The summed E-state index contributed by atoms with van der Waals surface area (Å²) in [5.41, 5.74) is 5.35. The Morgan fingerprint density at radius 2 is 1.89 bits per heavy atom. The first-order chi connectivity index (χ1) is 9.31. The van der Waals surface area contributed by atoms with Crippen molar-refractivity contribution in [1.82, 2.24) is 5.32 Å². The monoisotopic (exact) mass is 271 g/mol. The summed E-state index contributed by atoms with van der Waals surface area (Å²) in [6.45, 7) is 3.18. The van der Waals surface area contributed by atoms with Crippen molar-refractivity contribution in [2.24, 2.45) is 0 Å². The Labute approximate surface area is 119 Å². The van der Waals surface area contributed by atoms with E-state index < -0.39 is 0 Å². The van der Waals surface area contributed by atoms with Gasteiger partial charge in [-0.05, 0) is 42.1 Å². The van der Waals surface area contributed by atoms with Gasteiger partial charge in [-0.1, -0.05) is 54.9 Å². The first-order valence-electron chi connectivity index (χ1n) is 6.91. The van der Waals surface area contributed by atoms with E-state index in [1.165, 1.54) is 23.1 Å². The Morgan fingerprint density at radius 3 is 2.68 bits per heavy atom. The summed E-state index contributed by atoms with van der Waals surface area (Å²) in [6.07, 6.45) is 2.32. The van der Waals surface area contributed by atoms with Crippen molar-refractivity contribution in [2.75, 3.05) is 6.54 Å². The molecule has 1 nitrogen and oxygen atoms in total. The van der Waals surface area contributed by atoms with Gasteiger partial charge in [-0.15, -0.1) is 0 Å². The highest BCUT2D eigenvalue weighted by molar-refractivity contribution is 6.33. The zero-order valence-electron chi connectivity index (χ0n) is 11.1. The molecule has 1 atom stereocenters. The van der Waals surface area contributed by atoms with Gasteiger partial charge in [-0.3, -0.25) is 0 Å². The third kappa shape index (κ3) is 2.29. The Hall–Kier alpha value is -1.31. The molecule has 0 heterocycles. The maximum absolute atomic E-state index is 6.34. The molecule has 0 aromatic heterocycles. The van der Waals surface area contributed by atoms with Crippen LogP contribution in [0.1, 0.15) is 30.5 Å². The number of fused-ring (bicyclic) bond motifs is 1. The summed E-state index contributed by atoms with van der Waals surface area (Å²) in [6, 6.07) is 15.2. The molecular formula is C17H18ClN. The lowest BCUT2D eigenvalue weighted by molar-refractivity contribution is 0.549. The van der Waals surface area contributed by atoms with E-state index in [0.717, 1.165) is 23.6 Å². The summed E-state index contributed by atoms with van der Waals surface area (Å²) in [5.74, 6) is 0. The second-order valence-corrected chi connectivity index (χ2v) is 5.41. The maximum atomic E-state index is 6.34. The summed E-state index contributed by atoms with van der Waals surface area (Å²) in [7, 11) is 0. The number of benzene rings is 2. The fourth-order valence-corrected chi connectivity index (χ4v) is 3.28. The fourth-order valence-electron chi connectivity index (χ4n) is 3.04. The molecule has 3 rings (SSSR count). The van der Waals surface area contributed by atoms with Crippen LogP contribution >= 0.6 is 11.6 Å². The van der Waals surface area contributed by atoms with Crippen LogP contribution in [0.5, 0.6) is 0 Å². The standard InChI is InChI=1S/C17H18ClN/c1-2-19-17-11-10-13-12(7-5-8-15(13)17)14-6-3-4-9-16(14)18/h3-9,17,19H,2,10-11H2,1H3. The van der Waals surface area contributed by atoms with Gasteiger partial charge < -0.3 is 5.32 Å². The third-order valence-corrected chi connectivity index (χ3v) is 4.21. The van der Waals surface area contributed by atoms with Gasteiger partial charge in [0.1, 0.15) is 0 Å². The van der Waals surface area contributed by atoms with Crippen LogP contribution in [0.3, 0.4) is 0 Å². The Bertz CT molecular complexity index is 592. The van der Waals surface area contributed by atoms with Gasteiger partial charge in [0.15, 0.2) is 0 Å². The van der Waals surface area contributed by atoms with Crippen molar-refractivity contribution in [1.29, 1.82) is 0 Å². The summed E-state index contributed by atoms with van der Waals surface area (Å²) in [4.78, 5) is 0. The highest BCUT2D eigenvalue weighted by Gasteiger charge is 2.24. The van der Waals surface area contributed by atoms with Crippen molar-refractivity contribution in [3.8, 4) is 11.1 Å². The molecule has 2 aromatic rings. The third-order valence-electron chi connectivity index (χ3n) is 3.89. The van der Waals surface area contributed by atoms with E-state index in [4.69, 9.17) is 11.6 Å². The molecule has 2 aromatic carbocycles. The predicted molar refractivity (Wildman–Crippen MR) is 81.6 cm³/mol. The molecule has 2 heteroatoms. The van der Waals surface area contributed by atoms with Crippen LogP contribution in [0, 0.1) is 0 Å². The minimum atomic E-state index is 0.502. The first-order valence-corrected chi connectivity index (χ1v) is 7.29. The SMILES string of the molecule is CCNC1CCc2c(-c3ccccc3Cl)cccc21. The van der Waals surface area contributed by atoms with Crippen molar-refractivity contribution in [2.45, 2.75) is 25.8 Å². The molecule has 0 amide bonds. The van der Waals surface area contributed by atoms with Gasteiger partial charge in [-0.2, -0.15) is 0 Å². The van der Waals surface area contributed by atoms with E-state index >= 15 is 0 Å². The highest BCUT2D eigenvalue weighted by Crippen LogP contribution is 2.39. The first kappa shape index (κ1) is 12.7. The lowest BCUT2D eigenvalue weighted by atomic mass is 9.96. The minimum Gasteiger partial charge on any atom is -0.310 e. The molecule has 1 unspecified atom stereocenters. The molecule has 1 N–H and O–H groups in total. The molecule has 19 heavy (non-hydrogen) atoms. The van der Waals surface area contributed by atoms with E-state index in [1.807, 2.05) is 12.1 Å². The number of hydrogen-bond acceptors (Lipinski definition) is 1. The van der Waals surface area contributed by atoms with E-state index in [0.29, 0.717) is 6.04 Å². The molecule has 98 valence electrons. The van der Waals surface area contributed by atoms with Gasteiger partial charge in [-0.25, -0.2) is 0 Å². The van der Waals surface area contributed by atoms with Crippen LogP contribution < -0.4 is 5.32 Å². The van der Waals surface area contributed by atoms with Crippen LogP contribution in [0.2, 0.25) is 5.02 Å². The van der Waals surface area contributed by atoms with Gasteiger partial charge in [0.2, 0.25) is 0 Å². The molecule has 0 saturated carbocycles. The van der Waals surface area contributed by atoms with Crippen molar-refractivity contribution < 1.29 is 0 Å². The molecule has 0 spiro atoms. The van der Waals surface area contributed by atoms with E-state index in [1.54, 1.807) is 0 Å². The number of hydrogen-bond donors (Lipinski definition) is 1. The van der Waals surface area contributed by atoms with Gasteiger partial charge >= 0.3 is 0 Å². The largest absolute Gasteiger partial charge is 0.310 e. The zero-order chi connectivity index (χ0) is 13.2. The van der Waals surface area contributed by atoms with Crippen molar-refractivity contribution in [3.05, 3.63) is 58.6 Å². The Balaban J connectivity index is 2.08. The molecule has 0 bridgehead atoms. The van der Waals surface area contributed by atoms with Crippen LogP contribution in [0.4, 0.5) is 0 Å². The van der Waals surface area contributed by atoms with Crippen LogP contribution in [0.25, 0.3) is 11.1 Å². The minimum absolute atomic E-state index is 0.502. The number of nitrogens with one attached hydrogen (secondary N) is 1. The number of rotatable bonds is 3. The van der Waals surface area contributed by atoms with Gasteiger partial charge in [0.05, 0.1) is 0 Å². The second-order valence-electron chi connectivity index (χ2n) is 5.00. The summed E-state index contributed by atoms with van der Waals surface area (Å²) >= 11 is 6.34. The highest BCUT2D eigenvalue weighted by atomic mass is 35.5. The number of halogens is 1. The van der Waals surface area contributed by atoms with Gasteiger partial charge in [0.25, 0.3) is 0 Å². The molecule has 0 saturated heterocycles. The van der Waals surface area contributed by atoms with E-state index in [9.17, 15) is 0 Å². The molecule has 0 fully saturated rings. The summed E-state index contributed by atoms with van der Waals surface area (Å²) < 4.78 is 0. The molecule has 0 radical (unpaired) electrons. The molecular weight excluding hydrogens is 254 g/mol. The van der Waals surface area contributed by atoms with Gasteiger partial charge in [0, 0.05) is 16.6 Å². The molecule has 1 aliphatic carbocycles. The second kappa shape index (κ2) is 5.36. The van der Waals surface area contributed by atoms with E-state index in [2.05, 4.69) is 42.6 Å². The maximum Gasteiger partial charge on any atom is 0.0484 e. The van der Waals surface area contributed by atoms with Crippen molar-refractivity contribution in [3.63, 3.8) is 0 Å². The molecule has 1 aliphatic rings. The lowest BCUT2D eigenvalue weighted by Crippen LogP contribution is -2.18. The van der Waals surface area contributed by atoms with Crippen LogP contribution in [-0.4, -0.2) is 6.54 Å².